The molecule has 4 nitrogen and oxygen atoms in total. The zero-order valence-corrected chi connectivity index (χ0v) is 11.7. The number of halogens is 2. The first kappa shape index (κ1) is 15.1. The average Bonchev–Trinajstić information content (AvgIpc) is 2.40. The molecule has 0 fully saturated rings. The van der Waals surface area contributed by atoms with E-state index in [-0.39, 0.29) is 21.6 Å². The van der Waals surface area contributed by atoms with Gasteiger partial charge in [0.05, 0.1) is 4.90 Å². The smallest absolute Gasteiger partial charge is 0.248 e. The molecule has 0 heterocycles. The average molecular weight is 311 g/mol. The zero-order chi connectivity index (χ0) is 15.8. The van der Waals surface area contributed by atoms with Crippen LogP contribution in [0.25, 0.3) is 11.1 Å². The highest BCUT2D eigenvalue weighted by Gasteiger charge is 2.15. The Morgan fingerprint density at radius 2 is 1.67 bits per heavy atom. The van der Waals surface area contributed by atoms with E-state index in [9.17, 15) is 22.0 Å². The molecule has 0 aliphatic heterocycles. The van der Waals surface area contributed by atoms with Gasteiger partial charge in [-0.1, -0.05) is 12.1 Å². The van der Waals surface area contributed by atoms with E-state index in [0.717, 1.165) is 12.3 Å². The standard InChI is InChI=1S/C14H11F2NO3S/c1-21(19,20)10-4-2-8(3-5-10)11-6-9(14(17)18)7-12(15)13(11)16/h2-7H,1H3,(H2,17,18). The molecule has 0 aliphatic carbocycles. The molecule has 1 amide bonds. The molecule has 2 aromatic rings. The number of hydrogen-bond donors (Lipinski definition) is 1. The summed E-state index contributed by atoms with van der Waals surface area (Å²) in [7, 11) is -3.38. The molecule has 0 saturated heterocycles. The van der Waals surface area contributed by atoms with Crippen molar-refractivity contribution in [3.05, 3.63) is 53.6 Å². The molecule has 0 aliphatic rings. The van der Waals surface area contributed by atoms with Crippen LogP contribution in [0.3, 0.4) is 0 Å². The molecule has 0 atom stereocenters. The largest absolute Gasteiger partial charge is 0.366 e. The molecule has 110 valence electrons. The van der Waals surface area contributed by atoms with E-state index >= 15 is 0 Å². The molecule has 2 N–H and O–H groups in total. The topological polar surface area (TPSA) is 77.2 Å². The molecule has 2 rings (SSSR count). The number of primary amides is 1. The summed E-state index contributed by atoms with van der Waals surface area (Å²) in [6.45, 7) is 0. The minimum Gasteiger partial charge on any atom is -0.366 e. The third-order valence-corrected chi connectivity index (χ3v) is 4.03. The van der Waals surface area contributed by atoms with Crippen LogP contribution < -0.4 is 5.73 Å². The molecule has 21 heavy (non-hydrogen) atoms. The van der Waals surface area contributed by atoms with Gasteiger partial charge in [-0.3, -0.25) is 4.79 Å². The second-order valence-corrected chi connectivity index (χ2v) is 6.50. The van der Waals surface area contributed by atoms with Gasteiger partial charge in [-0.05, 0) is 29.8 Å². The maximum atomic E-state index is 13.8. The summed E-state index contributed by atoms with van der Waals surface area (Å²) < 4.78 is 50.0. The predicted octanol–water partition coefficient (Wildman–Crippen LogP) is 2.13. The second kappa shape index (κ2) is 5.25. The number of sulfone groups is 1. The van der Waals surface area contributed by atoms with Crippen molar-refractivity contribution < 1.29 is 22.0 Å². The normalized spacial score (nSPS) is 11.4. The number of hydrogen-bond acceptors (Lipinski definition) is 3. The lowest BCUT2D eigenvalue weighted by Crippen LogP contribution is -2.12. The Bertz CT molecular complexity index is 815. The van der Waals surface area contributed by atoms with E-state index in [4.69, 9.17) is 5.73 Å². The van der Waals surface area contributed by atoms with Crippen molar-refractivity contribution in [3.8, 4) is 11.1 Å². The number of nitrogens with two attached hydrogens (primary N) is 1. The lowest BCUT2D eigenvalue weighted by molar-refractivity contribution is 0.1000. The summed E-state index contributed by atoms with van der Waals surface area (Å²) in [5, 5.41) is 0. The van der Waals surface area contributed by atoms with Gasteiger partial charge in [-0.15, -0.1) is 0 Å². The van der Waals surface area contributed by atoms with Crippen molar-refractivity contribution in [2.45, 2.75) is 4.90 Å². The summed E-state index contributed by atoms with van der Waals surface area (Å²) in [6, 6.07) is 7.05. The van der Waals surface area contributed by atoms with Crippen molar-refractivity contribution in [1.82, 2.24) is 0 Å². The van der Waals surface area contributed by atoms with Crippen LogP contribution in [0, 0.1) is 11.6 Å². The predicted molar refractivity (Wildman–Crippen MR) is 73.4 cm³/mol. The molecule has 2 aromatic carbocycles. The van der Waals surface area contributed by atoms with Gasteiger partial charge in [0.1, 0.15) is 0 Å². The van der Waals surface area contributed by atoms with Crippen molar-refractivity contribution in [1.29, 1.82) is 0 Å². The van der Waals surface area contributed by atoms with E-state index < -0.39 is 27.4 Å². The molecule has 7 heteroatoms. The summed E-state index contributed by atoms with van der Waals surface area (Å²) >= 11 is 0. The van der Waals surface area contributed by atoms with Gasteiger partial charge in [-0.25, -0.2) is 17.2 Å². The SMILES string of the molecule is CS(=O)(=O)c1ccc(-c2cc(C(N)=O)cc(F)c2F)cc1. The van der Waals surface area contributed by atoms with Crippen LogP contribution in [0.4, 0.5) is 8.78 Å². The van der Waals surface area contributed by atoms with E-state index in [1.54, 1.807) is 0 Å². The summed E-state index contributed by atoms with van der Waals surface area (Å²) in [5.74, 6) is -3.22. The van der Waals surface area contributed by atoms with Crippen LogP contribution in [0.1, 0.15) is 10.4 Å². The van der Waals surface area contributed by atoms with Gasteiger partial charge in [-0.2, -0.15) is 0 Å². The van der Waals surface area contributed by atoms with Gasteiger partial charge < -0.3 is 5.73 Å². The molecule has 0 saturated carbocycles. The van der Waals surface area contributed by atoms with Crippen molar-refractivity contribution in [2.75, 3.05) is 6.26 Å². The minimum absolute atomic E-state index is 0.0539. The van der Waals surface area contributed by atoms with Crippen LogP contribution in [0.2, 0.25) is 0 Å². The molecule has 0 radical (unpaired) electrons. The fraction of sp³-hybridized carbons (Fsp3) is 0.0714. The lowest BCUT2D eigenvalue weighted by atomic mass is 10.0. The van der Waals surface area contributed by atoms with Crippen LogP contribution in [0.5, 0.6) is 0 Å². The number of amides is 1. The van der Waals surface area contributed by atoms with Crippen molar-refractivity contribution >= 4 is 15.7 Å². The molecule has 0 bridgehead atoms. The fourth-order valence-corrected chi connectivity index (χ4v) is 2.45. The third kappa shape index (κ3) is 3.08. The fourth-order valence-electron chi connectivity index (χ4n) is 1.82. The Morgan fingerprint density at radius 3 is 2.14 bits per heavy atom. The third-order valence-electron chi connectivity index (χ3n) is 2.91. The van der Waals surface area contributed by atoms with Gasteiger partial charge in [0.25, 0.3) is 0 Å². The number of rotatable bonds is 3. The maximum absolute atomic E-state index is 13.8. The quantitative estimate of drug-likeness (QED) is 0.943. The summed E-state index contributed by atoms with van der Waals surface area (Å²) in [5.41, 5.74) is 4.96. The Labute approximate surface area is 120 Å². The Hall–Kier alpha value is -2.28. The van der Waals surface area contributed by atoms with E-state index in [1.165, 1.54) is 24.3 Å². The molecule has 0 aromatic heterocycles. The highest BCUT2D eigenvalue weighted by atomic mass is 32.2. The van der Waals surface area contributed by atoms with E-state index in [0.29, 0.717) is 6.07 Å². The molecule has 0 spiro atoms. The van der Waals surface area contributed by atoms with Gasteiger partial charge in [0.15, 0.2) is 21.5 Å². The highest BCUT2D eigenvalue weighted by Crippen LogP contribution is 2.27. The molecular weight excluding hydrogens is 300 g/mol. The second-order valence-electron chi connectivity index (χ2n) is 4.48. The maximum Gasteiger partial charge on any atom is 0.248 e. The number of benzene rings is 2. The highest BCUT2D eigenvalue weighted by molar-refractivity contribution is 7.90. The molecular formula is C14H11F2NO3S. The number of carbonyl (C=O) groups is 1. The van der Waals surface area contributed by atoms with Crippen LogP contribution in [0.15, 0.2) is 41.3 Å². The Kier molecular flexibility index (Phi) is 3.78. The number of carbonyl (C=O) groups excluding carboxylic acids is 1. The molecule has 0 unspecified atom stereocenters. The first-order chi connectivity index (χ1) is 9.70. The van der Waals surface area contributed by atoms with Gasteiger partial charge >= 0.3 is 0 Å². The monoisotopic (exact) mass is 311 g/mol. The lowest BCUT2D eigenvalue weighted by Gasteiger charge is -2.07. The van der Waals surface area contributed by atoms with Crippen LogP contribution in [-0.4, -0.2) is 20.6 Å². The Balaban J connectivity index is 2.59. The first-order valence-electron chi connectivity index (χ1n) is 5.79. The van der Waals surface area contributed by atoms with Crippen LogP contribution >= 0.6 is 0 Å². The van der Waals surface area contributed by atoms with Crippen molar-refractivity contribution in [3.63, 3.8) is 0 Å². The van der Waals surface area contributed by atoms with Gasteiger partial charge in [0.2, 0.25) is 5.91 Å². The van der Waals surface area contributed by atoms with Gasteiger partial charge in [0, 0.05) is 17.4 Å². The Morgan fingerprint density at radius 1 is 1.10 bits per heavy atom. The van der Waals surface area contributed by atoms with Crippen molar-refractivity contribution in [2.24, 2.45) is 5.73 Å². The summed E-state index contributed by atoms with van der Waals surface area (Å²) in [6.07, 6.45) is 1.04. The zero-order valence-electron chi connectivity index (χ0n) is 10.9. The first-order valence-corrected chi connectivity index (χ1v) is 7.68. The van der Waals surface area contributed by atoms with Crippen LogP contribution in [-0.2, 0) is 9.84 Å². The minimum atomic E-state index is -3.38. The summed E-state index contributed by atoms with van der Waals surface area (Å²) in [4.78, 5) is 11.1. The van der Waals surface area contributed by atoms with E-state index in [2.05, 4.69) is 0 Å². The van der Waals surface area contributed by atoms with E-state index in [1.807, 2.05) is 0 Å².